The molecule has 0 saturated carbocycles. The predicted molar refractivity (Wildman–Crippen MR) is 72.8 cm³/mol. The predicted octanol–water partition coefficient (Wildman–Crippen LogP) is 1.56. The summed E-state index contributed by atoms with van der Waals surface area (Å²) >= 11 is 4.51. The fraction of sp³-hybridized carbons (Fsp3) is 0.111. The van der Waals surface area contributed by atoms with Gasteiger partial charge in [-0.3, -0.25) is 4.72 Å². The first-order chi connectivity index (χ1) is 8.53. The second-order valence-corrected chi connectivity index (χ2v) is 7.39. The highest BCUT2D eigenvalue weighted by Crippen LogP contribution is 2.32. The van der Waals surface area contributed by atoms with Crippen LogP contribution in [0.25, 0.3) is 0 Å². The molecule has 0 radical (unpaired) electrons. The summed E-state index contributed by atoms with van der Waals surface area (Å²) in [4.78, 5) is 8.43. The summed E-state index contributed by atoms with van der Waals surface area (Å²) in [7, 11) is -3.66. The molecule has 6 nitrogen and oxygen atoms in total. The zero-order valence-electron chi connectivity index (χ0n) is 9.00. The number of anilines is 1. The van der Waals surface area contributed by atoms with Crippen molar-refractivity contribution in [3.05, 3.63) is 33.5 Å². The van der Waals surface area contributed by atoms with E-state index in [1.807, 2.05) is 0 Å². The lowest BCUT2D eigenvalue weighted by Crippen LogP contribution is -2.13. The van der Waals surface area contributed by atoms with Gasteiger partial charge in [0, 0.05) is 11.4 Å². The SMILES string of the molecule is NCc1cc(S(=O)(=O)Nc2cncnc2)c(Br)s1. The molecule has 9 heteroatoms. The summed E-state index contributed by atoms with van der Waals surface area (Å²) < 4.78 is 27.2. The van der Waals surface area contributed by atoms with Crippen LogP contribution in [0.2, 0.25) is 0 Å². The molecule has 0 bridgehead atoms. The molecule has 0 unspecified atom stereocenters. The van der Waals surface area contributed by atoms with Gasteiger partial charge in [-0.2, -0.15) is 0 Å². The first-order valence-corrected chi connectivity index (χ1v) is 7.88. The van der Waals surface area contributed by atoms with Crippen molar-refractivity contribution in [3.8, 4) is 0 Å². The van der Waals surface area contributed by atoms with Gasteiger partial charge in [-0.05, 0) is 22.0 Å². The van der Waals surface area contributed by atoms with Gasteiger partial charge in [0.15, 0.2) is 0 Å². The topological polar surface area (TPSA) is 98.0 Å². The molecular weight excluding hydrogens is 340 g/mol. The van der Waals surface area contributed by atoms with E-state index in [1.165, 1.54) is 30.1 Å². The maximum absolute atomic E-state index is 12.1. The summed E-state index contributed by atoms with van der Waals surface area (Å²) in [5, 5.41) is 0. The van der Waals surface area contributed by atoms with Gasteiger partial charge in [0.25, 0.3) is 10.0 Å². The van der Waals surface area contributed by atoms with E-state index in [-0.39, 0.29) is 4.90 Å². The lowest BCUT2D eigenvalue weighted by Gasteiger charge is -2.05. The maximum atomic E-state index is 12.1. The lowest BCUT2D eigenvalue weighted by atomic mass is 10.5. The van der Waals surface area contributed by atoms with E-state index in [0.29, 0.717) is 16.0 Å². The van der Waals surface area contributed by atoms with Crippen LogP contribution in [-0.2, 0) is 16.6 Å². The van der Waals surface area contributed by atoms with Crippen LogP contribution in [0.5, 0.6) is 0 Å². The minimum absolute atomic E-state index is 0.164. The molecule has 2 heterocycles. The number of thiophene rings is 1. The highest BCUT2D eigenvalue weighted by atomic mass is 79.9. The Kier molecular flexibility index (Phi) is 3.95. The molecule has 0 aliphatic rings. The molecule has 96 valence electrons. The third-order valence-corrected chi connectivity index (χ3v) is 5.67. The fourth-order valence-corrected chi connectivity index (χ4v) is 4.83. The van der Waals surface area contributed by atoms with E-state index in [2.05, 4.69) is 30.6 Å². The van der Waals surface area contributed by atoms with Crippen molar-refractivity contribution < 1.29 is 8.42 Å². The highest BCUT2D eigenvalue weighted by molar-refractivity contribution is 9.11. The second-order valence-electron chi connectivity index (χ2n) is 3.29. The molecule has 0 spiro atoms. The molecule has 3 N–H and O–H groups in total. The smallest absolute Gasteiger partial charge is 0.263 e. The van der Waals surface area contributed by atoms with Gasteiger partial charge in [-0.15, -0.1) is 11.3 Å². The van der Waals surface area contributed by atoms with Crippen LogP contribution in [-0.4, -0.2) is 18.4 Å². The minimum atomic E-state index is -3.66. The monoisotopic (exact) mass is 348 g/mol. The molecule has 18 heavy (non-hydrogen) atoms. The van der Waals surface area contributed by atoms with Crippen molar-refractivity contribution in [1.29, 1.82) is 0 Å². The number of sulfonamides is 1. The standard InChI is InChI=1S/C9H9BrN4O2S2/c10-9-8(1-7(2-11)17-9)18(15,16)14-6-3-12-5-13-4-6/h1,3-5,14H,2,11H2. The fourth-order valence-electron chi connectivity index (χ4n) is 1.24. The van der Waals surface area contributed by atoms with E-state index in [0.717, 1.165) is 4.88 Å². The summed E-state index contributed by atoms with van der Waals surface area (Å²) in [5.74, 6) is 0. The van der Waals surface area contributed by atoms with Crippen LogP contribution >= 0.6 is 27.3 Å². The Bertz CT molecular complexity index is 642. The van der Waals surface area contributed by atoms with Crippen LogP contribution < -0.4 is 10.5 Å². The third-order valence-electron chi connectivity index (χ3n) is 2.01. The summed E-state index contributed by atoms with van der Waals surface area (Å²) in [6.07, 6.45) is 4.09. The van der Waals surface area contributed by atoms with E-state index in [9.17, 15) is 8.42 Å². The van der Waals surface area contributed by atoms with Crippen molar-refractivity contribution in [2.45, 2.75) is 11.4 Å². The van der Waals surface area contributed by atoms with Crippen LogP contribution in [0.1, 0.15) is 4.88 Å². The molecular formula is C9H9BrN4O2S2. The van der Waals surface area contributed by atoms with Crippen LogP contribution in [0, 0.1) is 0 Å². The number of hydrogen-bond donors (Lipinski definition) is 2. The maximum Gasteiger partial charge on any atom is 0.263 e. The molecule has 2 aromatic heterocycles. The Hall–Kier alpha value is -1.03. The number of rotatable bonds is 4. The van der Waals surface area contributed by atoms with Crippen molar-refractivity contribution in [1.82, 2.24) is 9.97 Å². The Morgan fingerprint density at radius 1 is 1.39 bits per heavy atom. The van der Waals surface area contributed by atoms with E-state index in [1.54, 1.807) is 6.07 Å². The lowest BCUT2D eigenvalue weighted by molar-refractivity contribution is 0.601. The molecule has 0 saturated heterocycles. The van der Waals surface area contributed by atoms with Crippen LogP contribution in [0.4, 0.5) is 5.69 Å². The van der Waals surface area contributed by atoms with Crippen molar-refractivity contribution in [3.63, 3.8) is 0 Å². The van der Waals surface area contributed by atoms with Gasteiger partial charge < -0.3 is 5.73 Å². The number of nitrogens with one attached hydrogen (secondary N) is 1. The average Bonchev–Trinajstić information content (AvgIpc) is 2.72. The molecule has 0 aromatic carbocycles. The molecule has 2 rings (SSSR count). The molecule has 0 aliphatic heterocycles. The van der Waals surface area contributed by atoms with Gasteiger partial charge in [-0.25, -0.2) is 18.4 Å². The summed E-state index contributed by atoms with van der Waals surface area (Å²) in [6, 6.07) is 1.54. The molecule has 0 atom stereocenters. The number of aromatic nitrogens is 2. The minimum Gasteiger partial charge on any atom is -0.326 e. The van der Waals surface area contributed by atoms with Crippen molar-refractivity contribution in [2.24, 2.45) is 5.73 Å². The van der Waals surface area contributed by atoms with Crippen LogP contribution in [0.3, 0.4) is 0 Å². The largest absolute Gasteiger partial charge is 0.326 e. The Morgan fingerprint density at radius 2 is 2.06 bits per heavy atom. The number of nitrogens with zero attached hydrogens (tertiary/aromatic N) is 2. The first kappa shape index (κ1) is 13.4. The average molecular weight is 349 g/mol. The Morgan fingerprint density at radius 3 is 2.61 bits per heavy atom. The molecule has 0 fully saturated rings. The Balaban J connectivity index is 2.34. The van der Waals surface area contributed by atoms with Gasteiger partial charge in [0.2, 0.25) is 0 Å². The second kappa shape index (κ2) is 5.31. The number of nitrogens with two attached hydrogens (primary N) is 1. The quantitative estimate of drug-likeness (QED) is 0.873. The van der Waals surface area contributed by atoms with E-state index >= 15 is 0 Å². The van der Waals surface area contributed by atoms with Crippen LogP contribution in [0.15, 0.2) is 33.5 Å². The Labute approximate surface area is 116 Å². The first-order valence-electron chi connectivity index (χ1n) is 4.79. The van der Waals surface area contributed by atoms with E-state index in [4.69, 9.17) is 5.73 Å². The molecule has 2 aromatic rings. The van der Waals surface area contributed by atoms with Gasteiger partial charge >= 0.3 is 0 Å². The third kappa shape index (κ3) is 2.86. The zero-order valence-corrected chi connectivity index (χ0v) is 12.2. The molecule has 0 amide bonds. The van der Waals surface area contributed by atoms with Gasteiger partial charge in [-0.1, -0.05) is 0 Å². The van der Waals surface area contributed by atoms with Gasteiger partial charge in [0.1, 0.15) is 11.2 Å². The highest BCUT2D eigenvalue weighted by Gasteiger charge is 2.20. The van der Waals surface area contributed by atoms with Gasteiger partial charge in [0.05, 0.1) is 21.9 Å². The number of halogens is 1. The normalized spacial score (nSPS) is 11.4. The summed E-state index contributed by atoms with van der Waals surface area (Å²) in [6.45, 7) is 0.299. The van der Waals surface area contributed by atoms with Crippen molar-refractivity contribution >= 4 is 43.0 Å². The van der Waals surface area contributed by atoms with E-state index < -0.39 is 10.0 Å². The van der Waals surface area contributed by atoms with Crippen molar-refractivity contribution in [2.75, 3.05) is 4.72 Å². The number of hydrogen-bond acceptors (Lipinski definition) is 6. The summed E-state index contributed by atoms with van der Waals surface area (Å²) in [5.41, 5.74) is 5.79. The zero-order chi connectivity index (χ0) is 13.2. The molecule has 0 aliphatic carbocycles.